The summed E-state index contributed by atoms with van der Waals surface area (Å²) in [7, 11) is 1.98. The molecule has 7 heteroatoms. The van der Waals surface area contributed by atoms with Gasteiger partial charge in [0.1, 0.15) is 11.9 Å². The number of aromatic nitrogens is 2. The molecule has 1 saturated heterocycles. The Morgan fingerprint density at radius 1 is 1.52 bits per heavy atom. The Morgan fingerprint density at radius 2 is 2.24 bits per heavy atom. The van der Waals surface area contributed by atoms with Crippen molar-refractivity contribution in [2.24, 2.45) is 7.05 Å². The van der Waals surface area contributed by atoms with Gasteiger partial charge in [-0.15, -0.1) is 24.2 Å². The zero-order valence-electron chi connectivity index (χ0n) is 13.1. The molecular weight excluding hydrogens is 308 g/mol. The van der Waals surface area contributed by atoms with Crippen molar-refractivity contribution in [1.29, 1.82) is 0 Å². The lowest BCUT2D eigenvalue weighted by atomic mass is 10.1. The lowest BCUT2D eigenvalue weighted by molar-refractivity contribution is -0.131. The van der Waals surface area contributed by atoms with Crippen LogP contribution in [-0.2, 0) is 11.8 Å². The second kappa shape index (κ2) is 7.51. The molecule has 2 heterocycles. The summed E-state index contributed by atoms with van der Waals surface area (Å²) in [6, 6.07) is 0.0387. The van der Waals surface area contributed by atoms with Crippen molar-refractivity contribution in [2.75, 3.05) is 25.4 Å². The third-order valence-corrected chi connectivity index (χ3v) is 4.61. The van der Waals surface area contributed by atoms with E-state index in [-0.39, 0.29) is 29.1 Å². The summed E-state index contributed by atoms with van der Waals surface area (Å²) in [6.07, 6.45) is 3.72. The average Bonchev–Trinajstić information content (AvgIpc) is 2.81. The number of rotatable bonds is 3. The van der Waals surface area contributed by atoms with E-state index in [4.69, 9.17) is 0 Å². The van der Waals surface area contributed by atoms with E-state index >= 15 is 0 Å². The molecule has 1 aliphatic rings. The predicted molar refractivity (Wildman–Crippen MR) is 90.0 cm³/mol. The summed E-state index contributed by atoms with van der Waals surface area (Å²) in [5.74, 6) is 1.69. The van der Waals surface area contributed by atoms with Gasteiger partial charge in [0.25, 0.3) is 0 Å². The standard InChI is InChI=1S/C14H24N4OS.ClH/c1-14(2,3)20-10-12(19)18-8-5-15-9-11(18)13-16-6-7-17(13)4;/h6-7,11,15H,5,8-10H2,1-4H3;1H. The van der Waals surface area contributed by atoms with Crippen LogP contribution in [0.5, 0.6) is 0 Å². The van der Waals surface area contributed by atoms with E-state index in [2.05, 4.69) is 31.1 Å². The molecule has 21 heavy (non-hydrogen) atoms. The lowest BCUT2D eigenvalue weighted by Gasteiger charge is -2.36. The van der Waals surface area contributed by atoms with Crippen LogP contribution in [-0.4, -0.2) is 50.5 Å². The van der Waals surface area contributed by atoms with Crippen LogP contribution < -0.4 is 5.32 Å². The number of hydrogen-bond donors (Lipinski definition) is 1. The number of aryl methyl sites for hydroxylation is 1. The highest BCUT2D eigenvalue weighted by Crippen LogP contribution is 2.26. The van der Waals surface area contributed by atoms with Gasteiger partial charge in [-0.25, -0.2) is 4.98 Å². The molecule has 1 amide bonds. The number of halogens is 1. The quantitative estimate of drug-likeness (QED) is 0.917. The van der Waals surface area contributed by atoms with Gasteiger partial charge in [0.15, 0.2) is 0 Å². The Morgan fingerprint density at radius 3 is 2.81 bits per heavy atom. The monoisotopic (exact) mass is 332 g/mol. The Balaban J connectivity index is 0.00000220. The fraction of sp³-hybridized carbons (Fsp3) is 0.714. The normalized spacial score (nSPS) is 19.2. The van der Waals surface area contributed by atoms with Crippen LogP contribution in [0.4, 0.5) is 0 Å². The number of thioether (sulfide) groups is 1. The van der Waals surface area contributed by atoms with Crippen molar-refractivity contribution in [3.05, 3.63) is 18.2 Å². The van der Waals surface area contributed by atoms with E-state index < -0.39 is 0 Å². The summed E-state index contributed by atoms with van der Waals surface area (Å²) in [6.45, 7) is 8.79. The molecule has 0 bridgehead atoms. The van der Waals surface area contributed by atoms with E-state index in [9.17, 15) is 4.79 Å². The van der Waals surface area contributed by atoms with Gasteiger partial charge in [0.2, 0.25) is 5.91 Å². The lowest BCUT2D eigenvalue weighted by Crippen LogP contribution is -2.50. The van der Waals surface area contributed by atoms with E-state index in [0.717, 1.165) is 25.5 Å². The van der Waals surface area contributed by atoms with Crippen LogP contribution in [0.3, 0.4) is 0 Å². The van der Waals surface area contributed by atoms with E-state index in [1.54, 1.807) is 18.0 Å². The van der Waals surface area contributed by atoms with Crippen LogP contribution >= 0.6 is 24.2 Å². The molecule has 0 spiro atoms. The second-order valence-corrected chi connectivity index (χ2v) is 7.91. The molecule has 5 nitrogen and oxygen atoms in total. The molecule has 120 valence electrons. The van der Waals surface area contributed by atoms with Crippen LogP contribution in [0.2, 0.25) is 0 Å². The van der Waals surface area contributed by atoms with E-state index in [1.807, 2.05) is 22.7 Å². The van der Waals surface area contributed by atoms with Crippen molar-refractivity contribution < 1.29 is 4.79 Å². The van der Waals surface area contributed by atoms with Crippen molar-refractivity contribution in [3.8, 4) is 0 Å². The summed E-state index contributed by atoms with van der Waals surface area (Å²) in [4.78, 5) is 18.9. The van der Waals surface area contributed by atoms with Crippen LogP contribution in [0.15, 0.2) is 12.4 Å². The first kappa shape index (κ1) is 18.3. The number of piperazine rings is 1. The maximum absolute atomic E-state index is 12.5. The fourth-order valence-corrected chi connectivity index (χ4v) is 3.02. The molecule has 1 N–H and O–H groups in total. The van der Waals surface area contributed by atoms with Gasteiger partial charge in [0.05, 0.1) is 5.75 Å². The fourth-order valence-electron chi connectivity index (χ4n) is 2.29. The van der Waals surface area contributed by atoms with Crippen molar-refractivity contribution in [2.45, 2.75) is 31.6 Å². The number of hydrogen-bond acceptors (Lipinski definition) is 4. The highest BCUT2D eigenvalue weighted by Gasteiger charge is 2.30. The molecular formula is C14H25ClN4OS. The first-order valence-electron chi connectivity index (χ1n) is 7.00. The van der Waals surface area contributed by atoms with E-state index in [0.29, 0.717) is 5.75 Å². The summed E-state index contributed by atoms with van der Waals surface area (Å²) >= 11 is 1.70. The topological polar surface area (TPSA) is 50.2 Å². The predicted octanol–water partition coefficient (Wildman–Crippen LogP) is 1.85. The molecule has 1 atom stereocenters. The Labute approximate surface area is 137 Å². The SMILES string of the molecule is Cl.Cn1ccnc1C1CNCCN1C(=O)CSC(C)(C)C. The van der Waals surface area contributed by atoms with Gasteiger partial charge in [-0.3, -0.25) is 4.79 Å². The Bertz CT molecular complexity index is 472. The van der Waals surface area contributed by atoms with Gasteiger partial charge in [0, 0.05) is 43.8 Å². The number of carbonyl (C=O) groups is 1. The van der Waals surface area contributed by atoms with Gasteiger partial charge < -0.3 is 14.8 Å². The number of nitrogens with zero attached hydrogens (tertiary/aromatic N) is 3. The third kappa shape index (κ3) is 4.90. The number of imidazole rings is 1. The summed E-state index contributed by atoms with van der Waals surface area (Å²) in [5.41, 5.74) is 0. The zero-order chi connectivity index (χ0) is 14.8. The molecule has 1 unspecified atom stereocenters. The Hall–Kier alpha value is -0.720. The molecule has 1 aliphatic heterocycles. The van der Waals surface area contributed by atoms with Gasteiger partial charge in [-0.05, 0) is 0 Å². The van der Waals surface area contributed by atoms with Crippen LogP contribution in [0, 0.1) is 0 Å². The molecule has 1 aromatic rings. The van der Waals surface area contributed by atoms with Crippen LogP contribution in [0.1, 0.15) is 32.6 Å². The second-order valence-electron chi connectivity index (χ2n) is 6.10. The Kier molecular flexibility index (Phi) is 6.56. The molecule has 1 fully saturated rings. The highest BCUT2D eigenvalue weighted by atomic mass is 35.5. The minimum Gasteiger partial charge on any atom is -0.336 e. The van der Waals surface area contributed by atoms with Gasteiger partial charge >= 0.3 is 0 Å². The number of nitrogens with one attached hydrogen (secondary N) is 1. The first-order chi connectivity index (χ1) is 9.38. The minimum absolute atomic E-state index is 0. The van der Waals surface area contributed by atoms with Crippen molar-refractivity contribution in [3.63, 3.8) is 0 Å². The molecule has 0 aromatic carbocycles. The maximum Gasteiger partial charge on any atom is 0.233 e. The highest BCUT2D eigenvalue weighted by molar-refractivity contribution is 8.01. The van der Waals surface area contributed by atoms with Crippen molar-refractivity contribution >= 4 is 30.1 Å². The molecule has 2 rings (SSSR count). The first-order valence-corrected chi connectivity index (χ1v) is 7.98. The minimum atomic E-state index is 0. The van der Waals surface area contributed by atoms with Gasteiger partial charge in [-0.2, -0.15) is 0 Å². The van der Waals surface area contributed by atoms with Crippen molar-refractivity contribution in [1.82, 2.24) is 19.8 Å². The van der Waals surface area contributed by atoms with Gasteiger partial charge in [-0.1, -0.05) is 20.8 Å². The summed E-state index contributed by atoms with van der Waals surface area (Å²) in [5, 5.41) is 3.35. The number of carbonyl (C=O) groups excluding carboxylic acids is 1. The number of amides is 1. The molecule has 0 saturated carbocycles. The maximum atomic E-state index is 12.5. The average molecular weight is 333 g/mol. The largest absolute Gasteiger partial charge is 0.336 e. The molecule has 0 aliphatic carbocycles. The van der Waals surface area contributed by atoms with Crippen LogP contribution in [0.25, 0.3) is 0 Å². The van der Waals surface area contributed by atoms with E-state index in [1.165, 1.54) is 0 Å². The third-order valence-electron chi connectivity index (χ3n) is 3.35. The zero-order valence-corrected chi connectivity index (χ0v) is 14.8. The molecule has 0 radical (unpaired) electrons. The smallest absolute Gasteiger partial charge is 0.233 e. The molecule has 1 aromatic heterocycles. The summed E-state index contributed by atoms with van der Waals surface area (Å²) < 4.78 is 2.11.